The highest BCUT2D eigenvalue weighted by atomic mass is 16.5. The average Bonchev–Trinajstić information content (AvgIpc) is 2.16. The van der Waals surface area contributed by atoms with E-state index in [0.717, 1.165) is 19.4 Å². The largest absolute Gasteiger partial charge is 0.379 e. The van der Waals surface area contributed by atoms with E-state index in [1.165, 1.54) is 12.8 Å². The van der Waals surface area contributed by atoms with E-state index >= 15 is 0 Å². The molecule has 1 atom stereocenters. The molecule has 14 heavy (non-hydrogen) atoms. The second-order valence-corrected chi connectivity index (χ2v) is 5.23. The van der Waals surface area contributed by atoms with Crippen LogP contribution in [0.2, 0.25) is 0 Å². The Morgan fingerprint density at radius 3 is 2.00 bits per heavy atom. The zero-order valence-electron chi connectivity index (χ0n) is 10.5. The van der Waals surface area contributed by atoms with Crippen LogP contribution in [0.5, 0.6) is 0 Å². The molecule has 86 valence electrons. The fourth-order valence-electron chi connectivity index (χ4n) is 1.64. The summed E-state index contributed by atoms with van der Waals surface area (Å²) in [7, 11) is 1.78. The van der Waals surface area contributed by atoms with Crippen molar-refractivity contribution < 1.29 is 4.74 Å². The van der Waals surface area contributed by atoms with Crippen LogP contribution in [-0.2, 0) is 4.74 Å². The van der Waals surface area contributed by atoms with Gasteiger partial charge in [0.1, 0.15) is 0 Å². The summed E-state index contributed by atoms with van der Waals surface area (Å²) < 4.78 is 5.41. The molecular formula is C12H27NO. The van der Waals surface area contributed by atoms with Crippen LogP contribution >= 0.6 is 0 Å². The van der Waals surface area contributed by atoms with Crippen molar-refractivity contribution in [2.45, 2.75) is 59.0 Å². The maximum atomic E-state index is 5.82. The monoisotopic (exact) mass is 201 g/mol. The van der Waals surface area contributed by atoms with Crippen molar-refractivity contribution in [3.63, 3.8) is 0 Å². The van der Waals surface area contributed by atoms with Crippen LogP contribution in [0.3, 0.4) is 0 Å². The van der Waals surface area contributed by atoms with Crippen LogP contribution in [0.25, 0.3) is 0 Å². The Balaban J connectivity index is 4.06. The molecule has 0 radical (unpaired) electrons. The van der Waals surface area contributed by atoms with E-state index < -0.39 is 0 Å². The lowest BCUT2D eigenvalue weighted by molar-refractivity contribution is 0.00454. The first-order valence-corrected chi connectivity index (χ1v) is 5.64. The van der Waals surface area contributed by atoms with Gasteiger partial charge in [-0.1, -0.05) is 20.3 Å². The van der Waals surface area contributed by atoms with Crippen LogP contribution in [0.15, 0.2) is 0 Å². The summed E-state index contributed by atoms with van der Waals surface area (Å²) in [6.07, 6.45) is 4.65. The average molecular weight is 201 g/mol. The summed E-state index contributed by atoms with van der Waals surface area (Å²) in [6.45, 7) is 9.55. The Labute approximate surface area is 89.2 Å². The molecule has 0 aliphatic carbocycles. The van der Waals surface area contributed by atoms with E-state index in [4.69, 9.17) is 10.5 Å². The van der Waals surface area contributed by atoms with Gasteiger partial charge in [-0.15, -0.1) is 0 Å². The van der Waals surface area contributed by atoms with Crippen molar-refractivity contribution in [3.05, 3.63) is 0 Å². The third-order valence-electron chi connectivity index (χ3n) is 3.23. The number of hydrogen-bond donors (Lipinski definition) is 1. The second-order valence-electron chi connectivity index (χ2n) is 5.23. The predicted molar refractivity (Wildman–Crippen MR) is 62.4 cm³/mol. The molecule has 1 unspecified atom stereocenters. The number of ether oxygens (including phenoxy) is 1. The van der Waals surface area contributed by atoms with E-state index in [0.29, 0.717) is 5.41 Å². The highest BCUT2D eigenvalue weighted by Crippen LogP contribution is 2.31. The number of rotatable bonds is 7. The summed E-state index contributed by atoms with van der Waals surface area (Å²) in [4.78, 5) is 0. The van der Waals surface area contributed by atoms with Gasteiger partial charge in [-0.25, -0.2) is 0 Å². The molecule has 0 aliphatic heterocycles. The molecule has 2 nitrogen and oxygen atoms in total. The van der Waals surface area contributed by atoms with Gasteiger partial charge >= 0.3 is 0 Å². The lowest BCUT2D eigenvalue weighted by Crippen LogP contribution is -2.31. The molecule has 0 aromatic heterocycles. The maximum absolute atomic E-state index is 5.82. The molecule has 0 saturated carbocycles. The highest BCUT2D eigenvalue weighted by molar-refractivity contribution is 4.79. The van der Waals surface area contributed by atoms with E-state index in [1.54, 1.807) is 7.11 Å². The van der Waals surface area contributed by atoms with Gasteiger partial charge in [0.2, 0.25) is 0 Å². The van der Waals surface area contributed by atoms with Gasteiger partial charge in [0.05, 0.1) is 5.60 Å². The molecule has 0 aliphatic rings. The third-order valence-corrected chi connectivity index (χ3v) is 3.23. The van der Waals surface area contributed by atoms with Crippen LogP contribution in [-0.4, -0.2) is 19.3 Å². The Morgan fingerprint density at radius 2 is 1.64 bits per heavy atom. The van der Waals surface area contributed by atoms with Gasteiger partial charge in [-0.2, -0.15) is 0 Å². The minimum absolute atomic E-state index is 0.00975. The smallest absolute Gasteiger partial charge is 0.0623 e. The van der Waals surface area contributed by atoms with Crippen molar-refractivity contribution in [2.24, 2.45) is 11.1 Å². The second kappa shape index (κ2) is 5.72. The minimum Gasteiger partial charge on any atom is -0.379 e. The van der Waals surface area contributed by atoms with Crippen molar-refractivity contribution in [3.8, 4) is 0 Å². The predicted octanol–water partition coefficient (Wildman–Crippen LogP) is 2.96. The topological polar surface area (TPSA) is 35.2 Å². The molecule has 0 aromatic carbocycles. The molecular weight excluding hydrogens is 174 g/mol. The summed E-state index contributed by atoms with van der Waals surface area (Å²) in [6, 6.07) is 0. The summed E-state index contributed by atoms with van der Waals surface area (Å²) >= 11 is 0. The standard InChI is InChI=1S/C12H27NO/c1-6-7-12(4,10-13)9-8-11(2,3)14-5/h6-10,13H2,1-5H3. The molecule has 0 amide bonds. The lowest BCUT2D eigenvalue weighted by atomic mass is 9.79. The Hall–Kier alpha value is -0.0800. The molecule has 0 saturated heterocycles. The molecule has 0 aromatic rings. The zero-order chi connectivity index (χ0) is 11.2. The number of hydrogen-bond acceptors (Lipinski definition) is 2. The molecule has 0 heterocycles. The van der Waals surface area contributed by atoms with E-state index in [9.17, 15) is 0 Å². The summed E-state index contributed by atoms with van der Waals surface area (Å²) in [5, 5.41) is 0. The third kappa shape index (κ3) is 4.97. The highest BCUT2D eigenvalue weighted by Gasteiger charge is 2.25. The molecule has 2 heteroatoms. The SMILES string of the molecule is CCCC(C)(CN)CCC(C)(C)OC. The van der Waals surface area contributed by atoms with Crippen molar-refractivity contribution in [2.75, 3.05) is 13.7 Å². The fourth-order valence-corrected chi connectivity index (χ4v) is 1.64. The first-order valence-electron chi connectivity index (χ1n) is 5.64. The van der Waals surface area contributed by atoms with E-state index in [-0.39, 0.29) is 5.60 Å². The van der Waals surface area contributed by atoms with Gasteiger partial charge in [0.25, 0.3) is 0 Å². The zero-order valence-corrected chi connectivity index (χ0v) is 10.5. The van der Waals surface area contributed by atoms with Crippen molar-refractivity contribution >= 4 is 0 Å². The summed E-state index contributed by atoms with van der Waals surface area (Å²) in [5.41, 5.74) is 6.11. The Kier molecular flexibility index (Phi) is 5.68. The first kappa shape index (κ1) is 13.9. The van der Waals surface area contributed by atoms with Gasteiger partial charge in [-0.3, -0.25) is 0 Å². The normalized spacial score (nSPS) is 16.7. The van der Waals surface area contributed by atoms with Crippen LogP contribution in [0, 0.1) is 5.41 Å². The number of methoxy groups -OCH3 is 1. The van der Waals surface area contributed by atoms with Crippen LogP contribution < -0.4 is 5.73 Å². The number of nitrogens with two attached hydrogens (primary N) is 1. The maximum Gasteiger partial charge on any atom is 0.0623 e. The first-order chi connectivity index (χ1) is 6.39. The Bertz CT molecular complexity index is 156. The quantitative estimate of drug-likeness (QED) is 0.687. The molecule has 0 rings (SSSR count). The molecule has 2 N–H and O–H groups in total. The van der Waals surface area contributed by atoms with Crippen LogP contribution in [0.4, 0.5) is 0 Å². The summed E-state index contributed by atoms with van der Waals surface area (Å²) in [5.74, 6) is 0. The Morgan fingerprint density at radius 1 is 1.07 bits per heavy atom. The van der Waals surface area contributed by atoms with Crippen molar-refractivity contribution in [1.82, 2.24) is 0 Å². The lowest BCUT2D eigenvalue weighted by Gasteiger charge is -2.32. The molecule has 0 spiro atoms. The minimum atomic E-state index is -0.00975. The fraction of sp³-hybridized carbons (Fsp3) is 1.00. The molecule has 0 fully saturated rings. The van der Waals surface area contributed by atoms with Gasteiger partial charge < -0.3 is 10.5 Å². The van der Waals surface area contributed by atoms with Crippen LogP contribution in [0.1, 0.15) is 53.4 Å². The van der Waals surface area contributed by atoms with Gasteiger partial charge in [-0.05, 0) is 45.1 Å². The molecule has 0 bridgehead atoms. The van der Waals surface area contributed by atoms with Gasteiger partial charge in [0.15, 0.2) is 0 Å². The van der Waals surface area contributed by atoms with Gasteiger partial charge in [0, 0.05) is 7.11 Å². The van der Waals surface area contributed by atoms with Crippen molar-refractivity contribution in [1.29, 1.82) is 0 Å². The van der Waals surface area contributed by atoms with E-state index in [2.05, 4.69) is 27.7 Å². The van der Waals surface area contributed by atoms with E-state index in [1.807, 2.05) is 0 Å².